The molecule has 1 aliphatic rings. The molecule has 2 amide bonds. The SMILES string of the molecule is COC(=O)C(Cc1ccc(NC(=O)c2c(Cl)cc(Cl)cc2Cl)cc1)NC(=O)[C@H]1CC[C@@](C)(C(=O)O)C1(C)C. The van der Waals surface area contributed by atoms with Crippen LogP contribution in [0.1, 0.15) is 49.5 Å². The summed E-state index contributed by atoms with van der Waals surface area (Å²) in [6.45, 7) is 5.18. The minimum Gasteiger partial charge on any atom is -0.481 e. The summed E-state index contributed by atoms with van der Waals surface area (Å²) in [6, 6.07) is 8.53. The van der Waals surface area contributed by atoms with E-state index >= 15 is 0 Å². The molecule has 1 fully saturated rings. The molecule has 0 saturated heterocycles. The molecule has 11 heteroatoms. The lowest BCUT2D eigenvalue weighted by atomic mass is 9.65. The van der Waals surface area contributed by atoms with Crippen LogP contribution in [-0.4, -0.2) is 42.0 Å². The summed E-state index contributed by atoms with van der Waals surface area (Å²) < 4.78 is 4.90. The van der Waals surface area contributed by atoms with Crippen molar-refractivity contribution < 1.29 is 29.0 Å². The van der Waals surface area contributed by atoms with Crippen molar-refractivity contribution in [2.24, 2.45) is 16.7 Å². The number of esters is 1. The maximum absolute atomic E-state index is 13.2. The first-order chi connectivity index (χ1) is 17.7. The minimum atomic E-state index is -1.06. The predicted octanol–water partition coefficient (Wildman–Crippen LogP) is 5.63. The van der Waals surface area contributed by atoms with Crippen LogP contribution in [0.5, 0.6) is 0 Å². The van der Waals surface area contributed by atoms with Crippen molar-refractivity contribution in [2.45, 2.75) is 46.1 Å². The second-order valence-electron chi connectivity index (χ2n) is 10.1. The predicted molar refractivity (Wildman–Crippen MR) is 146 cm³/mol. The van der Waals surface area contributed by atoms with Crippen LogP contribution < -0.4 is 10.6 Å². The maximum atomic E-state index is 13.2. The van der Waals surface area contributed by atoms with Gasteiger partial charge in [0.25, 0.3) is 5.91 Å². The Kier molecular flexibility index (Phi) is 9.01. The molecule has 2 aromatic carbocycles. The Morgan fingerprint density at radius 2 is 1.63 bits per heavy atom. The number of rotatable bonds is 8. The van der Waals surface area contributed by atoms with Gasteiger partial charge in [0.05, 0.1) is 28.1 Å². The quantitative estimate of drug-likeness (QED) is 0.347. The Morgan fingerprint density at radius 1 is 1.05 bits per heavy atom. The number of carbonyl (C=O) groups is 4. The minimum absolute atomic E-state index is 0.0871. The summed E-state index contributed by atoms with van der Waals surface area (Å²) in [5.74, 6) is -3.07. The molecule has 38 heavy (non-hydrogen) atoms. The normalized spacial score (nSPS) is 20.9. The molecule has 1 unspecified atom stereocenters. The van der Waals surface area contributed by atoms with Crippen molar-refractivity contribution in [3.8, 4) is 0 Å². The third kappa shape index (κ3) is 5.92. The topological polar surface area (TPSA) is 122 Å². The van der Waals surface area contributed by atoms with E-state index in [9.17, 15) is 24.3 Å². The number of amides is 2. The third-order valence-electron chi connectivity index (χ3n) is 7.70. The number of halogens is 3. The largest absolute Gasteiger partial charge is 0.481 e. The van der Waals surface area contributed by atoms with Crippen molar-refractivity contribution in [3.63, 3.8) is 0 Å². The molecular formula is C27H29Cl3N2O6. The van der Waals surface area contributed by atoms with Crippen LogP contribution in [0.25, 0.3) is 0 Å². The average molecular weight is 584 g/mol. The Hall–Kier alpha value is -2.81. The highest BCUT2D eigenvalue weighted by molar-refractivity contribution is 6.42. The summed E-state index contributed by atoms with van der Waals surface area (Å²) in [4.78, 5) is 50.3. The first kappa shape index (κ1) is 29.7. The summed E-state index contributed by atoms with van der Waals surface area (Å²) >= 11 is 18.1. The molecule has 1 aliphatic carbocycles. The monoisotopic (exact) mass is 582 g/mol. The van der Waals surface area contributed by atoms with Gasteiger partial charge >= 0.3 is 11.9 Å². The highest BCUT2D eigenvalue weighted by Crippen LogP contribution is 2.56. The van der Waals surface area contributed by atoms with Gasteiger partial charge in [0.2, 0.25) is 5.91 Å². The summed E-state index contributed by atoms with van der Waals surface area (Å²) in [6.07, 6.45) is 0.881. The maximum Gasteiger partial charge on any atom is 0.328 e. The van der Waals surface area contributed by atoms with Crippen LogP contribution in [0.4, 0.5) is 5.69 Å². The highest BCUT2D eigenvalue weighted by atomic mass is 35.5. The van der Waals surface area contributed by atoms with Gasteiger partial charge in [0.1, 0.15) is 6.04 Å². The van der Waals surface area contributed by atoms with E-state index in [1.165, 1.54) is 19.2 Å². The van der Waals surface area contributed by atoms with Crippen molar-refractivity contribution in [1.29, 1.82) is 0 Å². The van der Waals surface area contributed by atoms with Crippen molar-refractivity contribution >= 4 is 64.2 Å². The van der Waals surface area contributed by atoms with Gasteiger partial charge in [0.15, 0.2) is 0 Å². The van der Waals surface area contributed by atoms with E-state index in [1.807, 2.05) is 0 Å². The summed E-state index contributed by atoms with van der Waals surface area (Å²) in [7, 11) is 1.23. The molecule has 1 saturated carbocycles. The number of hydrogen-bond donors (Lipinski definition) is 3. The van der Waals surface area contributed by atoms with Gasteiger partial charge in [-0.2, -0.15) is 0 Å². The van der Waals surface area contributed by atoms with Gasteiger partial charge in [-0.05, 0) is 55.0 Å². The molecule has 3 atom stereocenters. The molecule has 3 N–H and O–H groups in total. The second-order valence-corrected chi connectivity index (χ2v) is 11.4. The van der Waals surface area contributed by atoms with Gasteiger partial charge in [-0.1, -0.05) is 60.8 Å². The molecule has 2 aromatic rings. The number of carbonyl (C=O) groups excluding carboxylic acids is 3. The molecule has 0 bridgehead atoms. The Balaban J connectivity index is 1.71. The van der Waals surface area contributed by atoms with E-state index in [1.54, 1.807) is 45.0 Å². The molecule has 0 spiro atoms. The van der Waals surface area contributed by atoms with Crippen LogP contribution in [-0.2, 0) is 25.5 Å². The Bertz CT molecular complexity index is 1240. The fourth-order valence-electron chi connectivity index (χ4n) is 4.86. The van der Waals surface area contributed by atoms with Crippen molar-refractivity contribution in [3.05, 3.63) is 62.6 Å². The number of carboxylic acid groups (broad SMARTS) is 1. The van der Waals surface area contributed by atoms with E-state index in [-0.39, 0.29) is 22.0 Å². The first-order valence-corrected chi connectivity index (χ1v) is 13.0. The van der Waals surface area contributed by atoms with Gasteiger partial charge in [-0.3, -0.25) is 14.4 Å². The lowest BCUT2D eigenvalue weighted by molar-refractivity contribution is -0.156. The zero-order valence-corrected chi connectivity index (χ0v) is 23.6. The first-order valence-electron chi connectivity index (χ1n) is 11.9. The van der Waals surface area contributed by atoms with Crippen molar-refractivity contribution in [2.75, 3.05) is 12.4 Å². The number of hydrogen-bond acceptors (Lipinski definition) is 5. The Labute approximate surface area is 236 Å². The summed E-state index contributed by atoms with van der Waals surface area (Å²) in [5.41, 5.74) is -0.637. The number of ether oxygens (including phenoxy) is 1. The standard InChI is InChI=1S/C27H29Cl3N2O6/c1-26(2)17(9-10-27(26,3)25(36)37)22(33)32-20(24(35)38-4)11-14-5-7-16(8-6-14)31-23(34)21-18(29)12-15(28)13-19(21)30/h5-8,12-13,17,20H,9-11H2,1-4H3,(H,31,34)(H,32,33)(H,36,37)/t17-,20?,27+/m1/s1. The molecule has 0 aliphatic heterocycles. The number of benzene rings is 2. The van der Waals surface area contributed by atoms with Gasteiger partial charge in [-0.25, -0.2) is 4.79 Å². The lowest BCUT2D eigenvalue weighted by Gasteiger charge is -2.38. The van der Waals surface area contributed by atoms with E-state index in [0.29, 0.717) is 29.1 Å². The van der Waals surface area contributed by atoms with Crippen LogP contribution in [0, 0.1) is 16.7 Å². The molecule has 204 valence electrons. The van der Waals surface area contributed by atoms with Crippen LogP contribution >= 0.6 is 34.8 Å². The van der Waals surface area contributed by atoms with E-state index in [2.05, 4.69) is 10.6 Å². The lowest BCUT2D eigenvalue weighted by Crippen LogP contribution is -2.50. The molecular weight excluding hydrogens is 555 g/mol. The van der Waals surface area contributed by atoms with Gasteiger partial charge in [0, 0.05) is 23.0 Å². The third-order valence-corrected chi connectivity index (χ3v) is 8.52. The summed E-state index contributed by atoms with van der Waals surface area (Å²) in [5, 5.41) is 15.7. The fourth-order valence-corrected chi connectivity index (χ4v) is 5.85. The number of carboxylic acids is 1. The molecule has 0 radical (unpaired) electrons. The fraction of sp³-hybridized carbons (Fsp3) is 0.407. The van der Waals surface area contributed by atoms with Gasteiger partial charge in [-0.15, -0.1) is 0 Å². The second kappa shape index (κ2) is 11.5. The average Bonchev–Trinajstić information content (AvgIpc) is 3.08. The smallest absolute Gasteiger partial charge is 0.328 e. The number of methoxy groups -OCH3 is 1. The van der Waals surface area contributed by atoms with Crippen LogP contribution in [0.2, 0.25) is 15.1 Å². The number of anilines is 1. The Morgan fingerprint density at radius 3 is 2.13 bits per heavy atom. The van der Waals surface area contributed by atoms with Crippen LogP contribution in [0.3, 0.4) is 0 Å². The molecule has 0 heterocycles. The highest BCUT2D eigenvalue weighted by Gasteiger charge is 2.58. The zero-order chi connectivity index (χ0) is 28.4. The van der Waals surface area contributed by atoms with E-state index in [4.69, 9.17) is 39.5 Å². The molecule has 3 rings (SSSR count). The van der Waals surface area contributed by atoms with E-state index in [0.717, 1.165) is 0 Å². The van der Waals surface area contributed by atoms with Crippen LogP contribution in [0.15, 0.2) is 36.4 Å². The number of nitrogens with one attached hydrogen (secondary N) is 2. The zero-order valence-electron chi connectivity index (χ0n) is 21.4. The molecule has 8 nitrogen and oxygen atoms in total. The molecule has 0 aromatic heterocycles. The number of aliphatic carboxylic acids is 1. The van der Waals surface area contributed by atoms with Gasteiger partial charge < -0.3 is 20.5 Å². The van der Waals surface area contributed by atoms with E-state index < -0.39 is 46.5 Å². The van der Waals surface area contributed by atoms with Crippen molar-refractivity contribution in [1.82, 2.24) is 5.32 Å².